The van der Waals surface area contributed by atoms with Crippen LogP contribution in [-0.4, -0.2) is 10.1 Å². The third-order valence-corrected chi connectivity index (χ3v) is 3.56. The van der Waals surface area contributed by atoms with Crippen LogP contribution in [0.15, 0.2) is 22.7 Å². The molecule has 0 bridgehead atoms. The largest absolute Gasteiger partial charge is 0.337 e. The lowest BCUT2D eigenvalue weighted by Crippen LogP contribution is -2.26. The summed E-state index contributed by atoms with van der Waals surface area (Å²) in [6, 6.07) is 4.85. The van der Waals surface area contributed by atoms with Gasteiger partial charge >= 0.3 is 0 Å². The fourth-order valence-corrected chi connectivity index (χ4v) is 1.78. The van der Waals surface area contributed by atoms with Gasteiger partial charge in [0.05, 0.1) is 16.1 Å². The molecule has 0 saturated heterocycles. The summed E-state index contributed by atoms with van der Waals surface area (Å²) in [6.07, 6.45) is 0. The minimum atomic E-state index is -0.323. The summed E-state index contributed by atoms with van der Waals surface area (Å²) in [4.78, 5) is 4.31. The van der Waals surface area contributed by atoms with E-state index in [0.29, 0.717) is 21.8 Å². The lowest BCUT2D eigenvalue weighted by atomic mass is 9.87. The molecule has 1 heterocycles. The Morgan fingerprint density at radius 2 is 1.89 bits per heavy atom. The van der Waals surface area contributed by atoms with Crippen LogP contribution >= 0.6 is 23.2 Å². The molecule has 0 aliphatic carbocycles. The van der Waals surface area contributed by atoms with Crippen LogP contribution < -0.4 is 5.73 Å². The molecule has 0 radical (unpaired) electrons. The van der Waals surface area contributed by atoms with Gasteiger partial charge in [0.15, 0.2) is 0 Å². The monoisotopic (exact) mass is 299 g/mol. The summed E-state index contributed by atoms with van der Waals surface area (Å²) in [6.45, 7) is 6.04. The highest BCUT2D eigenvalue weighted by Crippen LogP contribution is 2.31. The molecule has 1 atom stereocenters. The van der Waals surface area contributed by atoms with Crippen molar-refractivity contribution in [1.82, 2.24) is 10.1 Å². The highest BCUT2D eigenvalue weighted by molar-refractivity contribution is 6.42. The molecule has 0 fully saturated rings. The summed E-state index contributed by atoms with van der Waals surface area (Å²) < 4.78 is 5.22. The minimum absolute atomic E-state index is 0.151. The van der Waals surface area contributed by atoms with Gasteiger partial charge in [0, 0.05) is 5.56 Å². The minimum Gasteiger partial charge on any atom is -0.337 e. The molecule has 0 amide bonds. The number of halogens is 2. The predicted molar refractivity (Wildman–Crippen MR) is 76.1 cm³/mol. The van der Waals surface area contributed by atoms with Crippen LogP contribution in [0.5, 0.6) is 0 Å². The first-order chi connectivity index (χ1) is 8.79. The Labute approximate surface area is 121 Å². The maximum atomic E-state index is 6.07. The second kappa shape index (κ2) is 5.12. The van der Waals surface area contributed by atoms with Gasteiger partial charge in [-0.1, -0.05) is 49.1 Å². The number of hydrogen-bond acceptors (Lipinski definition) is 4. The summed E-state index contributed by atoms with van der Waals surface area (Å²) in [5.41, 5.74) is 6.66. The molecule has 1 aromatic heterocycles. The van der Waals surface area contributed by atoms with Gasteiger partial charge in [-0.3, -0.25) is 0 Å². The summed E-state index contributed by atoms with van der Waals surface area (Å²) in [5, 5.41) is 4.86. The summed E-state index contributed by atoms with van der Waals surface area (Å²) >= 11 is 11.8. The average molecular weight is 300 g/mol. The van der Waals surface area contributed by atoms with Crippen molar-refractivity contribution in [2.24, 2.45) is 11.1 Å². The Morgan fingerprint density at radius 1 is 1.21 bits per heavy atom. The quantitative estimate of drug-likeness (QED) is 0.907. The molecule has 2 aromatic rings. The Bertz CT molecular complexity index is 590. The molecule has 0 aliphatic heterocycles. The van der Waals surface area contributed by atoms with Crippen molar-refractivity contribution in [2.45, 2.75) is 26.8 Å². The van der Waals surface area contributed by atoms with Crippen molar-refractivity contribution < 1.29 is 4.52 Å². The van der Waals surface area contributed by atoms with Gasteiger partial charge in [-0.15, -0.1) is 0 Å². The summed E-state index contributed by atoms with van der Waals surface area (Å²) in [5.74, 6) is 0.863. The molecule has 102 valence electrons. The van der Waals surface area contributed by atoms with E-state index in [2.05, 4.69) is 10.1 Å². The smallest absolute Gasteiger partial charge is 0.244 e. The molecule has 0 aliphatic rings. The molecular weight excluding hydrogens is 285 g/mol. The van der Waals surface area contributed by atoms with Crippen LogP contribution in [0.3, 0.4) is 0 Å². The average Bonchev–Trinajstić information content (AvgIpc) is 2.79. The SMILES string of the molecule is CC(C)(C)[C@@H](N)c1nc(-c2ccc(Cl)c(Cl)c2)no1. The van der Waals surface area contributed by atoms with Crippen LogP contribution in [0.25, 0.3) is 11.4 Å². The van der Waals surface area contributed by atoms with Crippen LogP contribution in [0, 0.1) is 5.41 Å². The Balaban J connectivity index is 2.33. The molecule has 0 unspecified atom stereocenters. The second-order valence-corrected chi connectivity index (χ2v) is 6.24. The number of rotatable bonds is 2. The van der Waals surface area contributed by atoms with E-state index in [-0.39, 0.29) is 11.5 Å². The first kappa shape index (κ1) is 14.3. The number of benzene rings is 1. The topological polar surface area (TPSA) is 64.9 Å². The third kappa shape index (κ3) is 3.08. The second-order valence-electron chi connectivity index (χ2n) is 5.43. The molecule has 4 nitrogen and oxygen atoms in total. The fourth-order valence-electron chi connectivity index (χ4n) is 1.48. The first-order valence-corrected chi connectivity index (χ1v) is 6.59. The maximum Gasteiger partial charge on any atom is 0.244 e. The lowest BCUT2D eigenvalue weighted by Gasteiger charge is -2.23. The molecule has 0 spiro atoms. The Hall–Kier alpha value is -1.10. The van der Waals surface area contributed by atoms with Gasteiger partial charge in [-0.25, -0.2) is 0 Å². The van der Waals surface area contributed by atoms with E-state index in [1.165, 1.54) is 0 Å². The normalized spacial score (nSPS) is 13.6. The van der Waals surface area contributed by atoms with Crippen molar-refractivity contribution >= 4 is 23.2 Å². The zero-order valence-corrected chi connectivity index (χ0v) is 12.5. The van der Waals surface area contributed by atoms with Crippen LogP contribution in [0.4, 0.5) is 0 Å². The fraction of sp³-hybridized carbons (Fsp3) is 0.385. The van der Waals surface area contributed by atoms with Crippen molar-refractivity contribution in [3.8, 4) is 11.4 Å². The molecule has 6 heteroatoms. The number of hydrogen-bond donors (Lipinski definition) is 1. The molecule has 19 heavy (non-hydrogen) atoms. The van der Waals surface area contributed by atoms with E-state index in [4.69, 9.17) is 33.5 Å². The van der Waals surface area contributed by atoms with Gasteiger partial charge in [0.2, 0.25) is 11.7 Å². The lowest BCUT2D eigenvalue weighted by molar-refractivity contribution is 0.253. The molecule has 0 saturated carbocycles. The van der Waals surface area contributed by atoms with E-state index < -0.39 is 0 Å². The van der Waals surface area contributed by atoms with Gasteiger partial charge < -0.3 is 10.3 Å². The van der Waals surface area contributed by atoms with E-state index in [1.807, 2.05) is 20.8 Å². The van der Waals surface area contributed by atoms with E-state index in [1.54, 1.807) is 18.2 Å². The van der Waals surface area contributed by atoms with Crippen LogP contribution in [-0.2, 0) is 0 Å². The molecular formula is C13H15Cl2N3O. The number of nitrogens with zero attached hydrogens (tertiary/aromatic N) is 2. The van der Waals surface area contributed by atoms with Crippen LogP contribution in [0.1, 0.15) is 32.7 Å². The first-order valence-electron chi connectivity index (χ1n) is 5.83. The standard InChI is InChI=1S/C13H15Cl2N3O/c1-13(2,3)10(16)12-17-11(18-19-12)7-4-5-8(14)9(15)6-7/h4-6,10H,16H2,1-3H3/t10-/m0/s1. The van der Waals surface area contributed by atoms with Gasteiger partial charge in [0.1, 0.15) is 0 Å². The number of nitrogens with two attached hydrogens (primary N) is 1. The zero-order valence-electron chi connectivity index (χ0n) is 10.9. The van der Waals surface area contributed by atoms with Crippen molar-refractivity contribution in [3.63, 3.8) is 0 Å². The van der Waals surface area contributed by atoms with E-state index >= 15 is 0 Å². The Morgan fingerprint density at radius 3 is 2.47 bits per heavy atom. The number of aromatic nitrogens is 2. The predicted octanol–water partition coefficient (Wildman–Crippen LogP) is 4.09. The van der Waals surface area contributed by atoms with Gasteiger partial charge in [-0.05, 0) is 23.6 Å². The zero-order chi connectivity index (χ0) is 14.2. The van der Waals surface area contributed by atoms with Crippen molar-refractivity contribution in [3.05, 3.63) is 34.1 Å². The highest BCUT2D eigenvalue weighted by atomic mass is 35.5. The van der Waals surface area contributed by atoms with Crippen molar-refractivity contribution in [2.75, 3.05) is 0 Å². The molecule has 1 aromatic carbocycles. The van der Waals surface area contributed by atoms with Crippen molar-refractivity contribution in [1.29, 1.82) is 0 Å². The van der Waals surface area contributed by atoms with E-state index in [0.717, 1.165) is 5.56 Å². The maximum absolute atomic E-state index is 6.07. The molecule has 2 N–H and O–H groups in total. The Kier molecular flexibility index (Phi) is 3.85. The van der Waals surface area contributed by atoms with E-state index in [9.17, 15) is 0 Å². The van der Waals surface area contributed by atoms with Crippen LogP contribution in [0.2, 0.25) is 10.0 Å². The van der Waals surface area contributed by atoms with Gasteiger partial charge in [0.25, 0.3) is 0 Å². The summed E-state index contributed by atoms with van der Waals surface area (Å²) in [7, 11) is 0. The van der Waals surface area contributed by atoms with Gasteiger partial charge in [-0.2, -0.15) is 4.98 Å². The highest BCUT2D eigenvalue weighted by Gasteiger charge is 2.27. The third-order valence-electron chi connectivity index (χ3n) is 2.82. The molecule has 2 rings (SSSR count).